The molecule has 0 unspecified atom stereocenters. The van der Waals surface area contributed by atoms with Gasteiger partial charge in [0.2, 0.25) is 5.91 Å². The number of carbonyl (C=O) groups excluding carboxylic acids is 1. The first-order valence-electron chi connectivity index (χ1n) is 5.67. The minimum absolute atomic E-state index is 0.119. The summed E-state index contributed by atoms with van der Waals surface area (Å²) in [5, 5.41) is 20.1. The van der Waals surface area contributed by atoms with Crippen LogP contribution < -0.4 is 5.32 Å². The monoisotopic (exact) mass is 259 g/mol. The van der Waals surface area contributed by atoms with E-state index in [1.165, 1.54) is 20.8 Å². The number of carboxylic acid groups (broad SMARTS) is 2. The van der Waals surface area contributed by atoms with E-state index in [-0.39, 0.29) is 6.42 Å². The average Bonchev–Trinajstić information content (AvgIpc) is 2.15. The van der Waals surface area contributed by atoms with Crippen LogP contribution in [0.5, 0.6) is 0 Å². The van der Waals surface area contributed by atoms with Gasteiger partial charge in [0.25, 0.3) is 0 Å². The molecule has 1 atom stereocenters. The highest BCUT2D eigenvalue weighted by atomic mass is 16.4. The van der Waals surface area contributed by atoms with Gasteiger partial charge in [-0.3, -0.25) is 14.4 Å². The van der Waals surface area contributed by atoms with Crippen molar-refractivity contribution in [3.63, 3.8) is 0 Å². The van der Waals surface area contributed by atoms with Crippen LogP contribution in [0.25, 0.3) is 0 Å². The van der Waals surface area contributed by atoms with Crippen molar-refractivity contribution in [2.45, 2.75) is 47.1 Å². The molecule has 18 heavy (non-hydrogen) atoms. The number of nitrogens with one attached hydrogen (secondary N) is 1. The number of hydrogen-bond donors (Lipinski definition) is 3. The molecule has 3 N–H and O–H groups in total. The van der Waals surface area contributed by atoms with E-state index in [1.54, 1.807) is 13.8 Å². The van der Waals surface area contributed by atoms with Crippen LogP contribution in [0, 0.1) is 10.8 Å². The van der Waals surface area contributed by atoms with Crippen LogP contribution in [0.3, 0.4) is 0 Å². The van der Waals surface area contributed by atoms with Crippen molar-refractivity contribution in [3.05, 3.63) is 0 Å². The van der Waals surface area contributed by atoms with Crippen LogP contribution in [-0.2, 0) is 14.4 Å². The first-order valence-corrected chi connectivity index (χ1v) is 5.67. The minimum atomic E-state index is -1.13. The number of rotatable bonds is 6. The maximum atomic E-state index is 11.9. The highest BCUT2D eigenvalue weighted by Gasteiger charge is 2.39. The molecule has 0 saturated carbocycles. The molecule has 0 heterocycles. The SMILES string of the molecule is C[C@H](NC(=O)C(C)(C)CC(C)(C)C(=O)O)C(=O)O. The molecule has 104 valence electrons. The van der Waals surface area contributed by atoms with Gasteiger partial charge in [0.1, 0.15) is 6.04 Å². The molecule has 1 amide bonds. The van der Waals surface area contributed by atoms with Crippen LogP contribution in [0.4, 0.5) is 0 Å². The normalized spacial score (nSPS) is 13.8. The number of carbonyl (C=O) groups is 3. The van der Waals surface area contributed by atoms with E-state index in [0.717, 1.165) is 0 Å². The van der Waals surface area contributed by atoms with E-state index in [0.29, 0.717) is 0 Å². The Labute approximate surface area is 106 Å². The Balaban J connectivity index is 4.78. The third kappa shape index (κ3) is 4.35. The summed E-state index contributed by atoms with van der Waals surface area (Å²) < 4.78 is 0. The summed E-state index contributed by atoms with van der Waals surface area (Å²) in [5.41, 5.74) is -2.00. The molecule has 6 heteroatoms. The maximum absolute atomic E-state index is 11.9. The third-order valence-corrected chi connectivity index (χ3v) is 2.80. The summed E-state index contributed by atoms with van der Waals surface area (Å²) in [5.74, 6) is -2.59. The Morgan fingerprint density at radius 3 is 1.83 bits per heavy atom. The Morgan fingerprint density at radius 2 is 1.50 bits per heavy atom. The third-order valence-electron chi connectivity index (χ3n) is 2.80. The van der Waals surface area contributed by atoms with Crippen molar-refractivity contribution >= 4 is 17.8 Å². The van der Waals surface area contributed by atoms with Crippen LogP contribution in [0.15, 0.2) is 0 Å². The molecule has 0 aliphatic rings. The van der Waals surface area contributed by atoms with Crippen molar-refractivity contribution in [1.29, 1.82) is 0 Å². The number of amides is 1. The molecule has 0 aromatic carbocycles. The lowest BCUT2D eigenvalue weighted by Gasteiger charge is -2.31. The van der Waals surface area contributed by atoms with Gasteiger partial charge in [-0.15, -0.1) is 0 Å². The lowest BCUT2D eigenvalue weighted by atomic mass is 9.74. The van der Waals surface area contributed by atoms with Crippen molar-refractivity contribution in [2.75, 3.05) is 0 Å². The van der Waals surface area contributed by atoms with E-state index >= 15 is 0 Å². The number of aliphatic carboxylic acids is 2. The zero-order valence-electron chi connectivity index (χ0n) is 11.4. The zero-order valence-corrected chi connectivity index (χ0v) is 11.4. The van der Waals surface area contributed by atoms with Gasteiger partial charge in [-0.05, 0) is 27.2 Å². The largest absolute Gasteiger partial charge is 0.481 e. The Morgan fingerprint density at radius 1 is 1.06 bits per heavy atom. The van der Waals surface area contributed by atoms with Gasteiger partial charge in [0, 0.05) is 5.41 Å². The van der Waals surface area contributed by atoms with Crippen molar-refractivity contribution < 1.29 is 24.6 Å². The number of carboxylic acids is 2. The van der Waals surface area contributed by atoms with E-state index in [9.17, 15) is 14.4 Å². The maximum Gasteiger partial charge on any atom is 0.325 e. The summed E-state index contributed by atoms with van der Waals surface area (Å²) in [4.78, 5) is 33.6. The van der Waals surface area contributed by atoms with Crippen molar-refractivity contribution in [2.24, 2.45) is 10.8 Å². The van der Waals surface area contributed by atoms with Gasteiger partial charge >= 0.3 is 11.9 Å². The van der Waals surface area contributed by atoms with E-state index in [4.69, 9.17) is 10.2 Å². The van der Waals surface area contributed by atoms with Gasteiger partial charge in [-0.2, -0.15) is 0 Å². The molecule has 0 rings (SSSR count). The smallest absolute Gasteiger partial charge is 0.325 e. The van der Waals surface area contributed by atoms with Gasteiger partial charge in [0.05, 0.1) is 5.41 Å². The first-order chi connectivity index (χ1) is 7.90. The fourth-order valence-electron chi connectivity index (χ4n) is 1.71. The molecule has 0 bridgehead atoms. The minimum Gasteiger partial charge on any atom is -0.481 e. The van der Waals surface area contributed by atoms with E-state index in [1.807, 2.05) is 0 Å². The topological polar surface area (TPSA) is 104 Å². The Hall–Kier alpha value is -1.59. The highest BCUT2D eigenvalue weighted by Crippen LogP contribution is 2.34. The summed E-state index contributed by atoms with van der Waals surface area (Å²) in [6, 6.07) is -0.996. The summed E-state index contributed by atoms with van der Waals surface area (Å²) in [6.07, 6.45) is 0.119. The molecule has 0 radical (unpaired) electrons. The van der Waals surface area contributed by atoms with Gasteiger partial charge in [-0.25, -0.2) is 0 Å². The molecule has 6 nitrogen and oxygen atoms in total. The predicted molar refractivity (Wildman–Crippen MR) is 65.1 cm³/mol. The second-order valence-corrected chi connectivity index (χ2v) is 5.78. The molecule has 0 aliphatic carbocycles. The van der Waals surface area contributed by atoms with E-state index in [2.05, 4.69) is 5.32 Å². The quantitative estimate of drug-likeness (QED) is 0.662. The summed E-state index contributed by atoms with van der Waals surface area (Å²) in [7, 11) is 0. The van der Waals surface area contributed by atoms with Crippen LogP contribution >= 0.6 is 0 Å². The van der Waals surface area contributed by atoms with Gasteiger partial charge < -0.3 is 15.5 Å². The molecular weight excluding hydrogens is 238 g/mol. The summed E-state index contributed by atoms with van der Waals surface area (Å²) >= 11 is 0. The lowest BCUT2D eigenvalue weighted by Crippen LogP contribution is -2.47. The Kier molecular flexibility index (Phi) is 4.90. The molecule has 0 aromatic heterocycles. The Bertz CT molecular complexity index is 359. The molecule has 0 saturated heterocycles. The molecule has 0 aliphatic heterocycles. The van der Waals surface area contributed by atoms with Crippen LogP contribution in [0.2, 0.25) is 0 Å². The standard InChI is InChI=1S/C12H21NO5/c1-7(8(14)15)13-9(16)11(2,3)6-12(4,5)10(17)18/h7H,6H2,1-5H3,(H,13,16)(H,14,15)(H,17,18)/t7-/m0/s1. The van der Waals surface area contributed by atoms with Crippen LogP contribution in [0.1, 0.15) is 41.0 Å². The number of hydrogen-bond acceptors (Lipinski definition) is 3. The molecule has 0 aromatic rings. The second kappa shape index (κ2) is 5.37. The van der Waals surface area contributed by atoms with Crippen molar-refractivity contribution in [3.8, 4) is 0 Å². The van der Waals surface area contributed by atoms with E-state index < -0.39 is 34.7 Å². The first kappa shape index (κ1) is 16.4. The van der Waals surface area contributed by atoms with Crippen LogP contribution in [-0.4, -0.2) is 34.1 Å². The van der Waals surface area contributed by atoms with Gasteiger partial charge in [0.15, 0.2) is 0 Å². The van der Waals surface area contributed by atoms with Gasteiger partial charge in [-0.1, -0.05) is 13.8 Å². The second-order valence-electron chi connectivity index (χ2n) is 5.78. The average molecular weight is 259 g/mol. The fraction of sp³-hybridized carbons (Fsp3) is 0.750. The zero-order chi connectivity index (χ0) is 14.7. The molecular formula is C12H21NO5. The fourth-order valence-corrected chi connectivity index (χ4v) is 1.71. The molecule has 0 spiro atoms. The molecule has 0 fully saturated rings. The lowest BCUT2D eigenvalue weighted by molar-refractivity contribution is -0.151. The predicted octanol–water partition coefficient (Wildman–Crippen LogP) is 1.10. The highest BCUT2D eigenvalue weighted by molar-refractivity contribution is 5.87. The summed E-state index contributed by atoms with van der Waals surface area (Å²) in [6.45, 7) is 7.62. The van der Waals surface area contributed by atoms with Crippen molar-refractivity contribution in [1.82, 2.24) is 5.32 Å².